The third-order valence-corrected chi connectivity index (χ3v) is 5.92. The Hall–Kier alpha value is -0.690. The van der Waals surface area contributed by atoms with Crippen LogP contribution in [0.2, 0.25) is 0 Å². The Morgan fingerprint density at radius 3 is 2.95 bits per heavy atom. The number of alkyl halides is 1. The fourth-order valence-electron chi connectivity index (χ4n) is 2.44. The number of halogens is 1. The normalized spacial score (nSPS) is 21.2. The van der Waals surface area contributed by atoms with Crippen LogP contribution in [0.1, 0.15) is 24.8 Å². The molecule has 1 aromatic heterocycles. The van der Waals surface area contributed by atoms with Gasteiger partial charge in [-0.15, -0.1) is 11.6 Å². The van der Waals surface area contributed by atoms with Crippen LogP contribution in [0.3, 0.4) is 0 Å². The van der Waals surface area contributed by atoms with Crippen LogP contribution in [0, 0.1) is 0 Å². The lowest BCUT2D eigenvalue weighted by Crippen LogP contribution is -2.50. The molecule has 1 aliphatic rings. The second kappa shape index (κ2) is 6.85. The molecule has 0 aliphatic carbocycles. The van der Waals surface area contributed by atoms with E-state index in [0.717, 1.165) is 24.8 Å². The van der Waals surface area contributed by atoms with Crippen molar-refractivity contribution in [3.63, 3.8) is 0 Å². The Labute approximate surface area is 125 Å². The Morgan fingerprint density at radius 1 is 1.50 bits per heavy atom. The summed E-state index contributed by atoms with van der Waals surface area (Å²) in [5.41, 5.74) is 0.873. The fraction of sp³-hybridized carbons (Fsp3) is 0.615. The van der Waals surface area contributed by atoms with Crippen molar-refractivity contribution in [2.75, 3.05) is 19.5 Å². The molecule has 2 heterocycles. The molecule has 0 bridgehead atoms. The summed E-state index contributed by atoms with van der Waals surface area (Å²) < 4.78 is 28.2. The van der Waals surface area contributed by atoms with Gasteiger partial charge in [0.05, 0.1) is 0 Å². The van der Waals surface area contributed by atoms with Gasteiger partial charge < -0.3 is 0 Å². The maximum Gasteiger partial charge on any atom is 0.282 e. The van der Waals surface area contributed by atoms with Crippen LogP contribution in [-0.4, -0.2) is 47.5 Å². The third-order valence-electron chi connectivity index (χ3n) is 3.57. The molecule has 20 heavy (non-hydrogen) atoms. The van der Waals surface area contributed by atoms with Gasteiger partial charge in [-0.2, -0.15) is 17.0 Å². The molecule has 0 aromatic carbocycles. The highest BCUT2D eigenvalue weighted by molar-refractivity contribution is 7.86. The number of nitrogens with zero attached hydrogens (tertiary/aromatic N) is 3. The lowest BCUT2D eigenvalue weighted by molar-refractivity contribution is 0.251. The van der Waals surface area contributed by atoms with E-state index < -0.39 is 10.2 Å². The molecule has 7 heteroatoms. The van der Waals surface area contributed by atoms with Gasteiger partial charge in [0.1, 0.15) is 0 Å². The molecule has 0 spiro atoms. The monoisotopic (exact) mass is 317 g/mol. The van der Waals surface area contributed by atoms with E-state index in [0.29, 0.717) is 19.0 Å². The van der Waals surface area contributed by atoms with E-state index in [4.69, 9.17) is 11.6 Å². The van der Waals surface area contributed by atoms with Crippen LogP contribution in [0.25, 0.3) is 0 Å². The van der Waals surface area contributed by atoms with Gasteiger partial charge in [0.15, 0.2) is 0 Å². The highest BCUT2D eigenvalue weighted by Gasteiger charge is 2.34. The van der Waals surface area contributed by atoms with E-state index >= 15 is 0 Å². The Morgan fingerprint density at radius 2 is 2.30 bits per heavy atom. The highest BCUT2D eigenvalue weighted by atomic mass is 35.5. The molecule has 2 rings (SSSR count). The van der Waals surface area contributed by atoms with Gasteiger partial charge in [-0.25, -0.2) is 0 Å². The Bertz CT molecular complexity index is 524. The summed E-state index contributed by atoms with van der Waals surface area (Å²) >= 11 is 5.91. The smallest absolute Gasteiger partial charge is 0.264 e. The van der Waals surface area contributed by atoms with Crippen molar-refractivity contribution in [2.24, 2.45) is 0 Å². The van der Waals surface area contributed by atoms with Crippen molar-refractivity contribution < 1.29 is 8.42 Å². The molecule has 1 atom stereocenters. The predicted molar refractivity (Wildman–Crippen MR) is 79.7 cm³/mol. The van der Waals surface area contributed by atoms with E-state index in [1.165, 1.54) is 4.31 Å². The minimum Gasteiger partial charge on any atom is -0.264 e. The number of hydrogen-bond donors (Lipinski definition) is 0. The topological polar surface area (TPSA) is 53.5 Å². The first-order chi connectivity index (χ1) is 9.55. The number of rotatable bonds is 5. The lowest BCUT2D eigenvalue weighted by Gasteiger charge is -2.36. The predicted octanol–water partition coefficient (Wildman–Crippen LogP) is 1.85. The molecule has 1 fully saturated rings. The zero-order valence-corrected chi connectivity index (χ0v) is 13.1. The van der Waals surface area contributed by atoms with Crippen LogP contribution < -0.4 is 0 Å². The van der Waals surface area contributed by atoms with Crippen molar-refractivity contribution in [2.45, 2.75) is 31.8 Å². The molecule has 0 amide bonds. The summed E-state index contributed by atoms with van der Waals surface area (Å²) in [7, 11) is -1.87. The number of pyridine rings is 1. The average molecular weight is 318 g/mol. The van der Waals surface area contributed by atoms with Crippen molar-refractivity contribution >= 4 is 21.8 Å². The van der Waals surface area contributed by atoms with Gasteiger partial charge in [-0.3, -0.25) is 4.98 Å². The second-order valence-corrected chi connectivity index (χ2v) is 7.34. The molecular formula is C13H20ClN3O2S. The first-order valence-electron chi connectivity index (χ1n) is 6.73. The standard InChI is InChI=1S/C13H20ClN3O2S/c1-16(11-12-5-4-7-15-10-12)20(18,19)17-8-3-2-6-13(17)9-14/h4-5,7,10,13H,2-3,6,8-9,11H2,1H3. The first kappa shape index (κ1) is 15.7. The SMILES string of the molecule is CN(Cc1cccnc1)S(=O)(=O)N1CCCCC1CCl. The van der Waals surface area contributed by atoms with Gasteiger partial charge in [-0.1, -0.05) is 12.5 Å². The van der Waals surface area contributed by atoms with Crippen LogP contribution in [0.15, 0.2) is 24.5 Å². The van der Waals surface area contributed by atoms with E-state index in [1.807, 2.05) is 6.07 Å². The molecule has 5 nitrogen and oxygen atoms in total. The summed E-state index contributed by atoms with van der Waals surface area (Å²) in [5, 5.41) is 0. The van der Waals surface area contributed by atoms with Crippen LogP contribution >= 0.6 is 11.6 Å². The Kier molecular flexibility index (Phi) is 5.37. The van der Waals surface area contributed by atoms with Crippen molar-refractivity contribution in [3.8, 4) is 0 Å². The highest BCUT2D eigenvalue weighted by Crippen LogP contribution is 2.23. The first-order valence-corrected chi connectivity index (χ1v) is 8.67. The Balaban J connectivity index is 2.12. The van der Waals surface area contributed by atoms with Crippen LogP contribution in [0.4, 0.5) is 0 Å². The van der Waals surface area contributed by atoms with E-state index in [1.54, 1.807) is 29.8 Å². The van der Waals surface area contributed by atoms with E-state index in [9.17, 15) is 8.42 Å². The quantitative estimate of drug-likeness (QED) is 0.779. The molecule has 1 saturated heterocycles. The van der Waals surface area contributed by atoms with Gasteiger partial charge >= 0.3 is 0 Å². The molecule has 1 aliphatic heterocycles. The molecule has 112 valence electrons. The van der Waals surface area contributed by atoms with Crippen LogP contribution in [0.5, 0.6) is 0 Å². The van der Waals surface area contributed by atoms with Gasteiger partial charge in [0.2, 0.25) is 0 Å². The molecule has 1 aromatic rings. The summed E-state index contributed by atoms with van der Waals surface area (Å²) in [5.74, 6) is 0.347. The summed E-state index contributed by atoms with van der Waals surface area (Å²) in [6.07, 6.45) is 6.12. The van der Waals surface area contributed by atoms with E-state index in [-0.39, 0.29) is 6.04 Å². The van der Waals surface area contributed by atoms with E-state index in [2.05, 4.69) is 4.98 Å². The number of aromatic nitrogens is 1. The van der Waals surface area contributed by atoms with Crippen LogP contribution in [-0.2, 0) is 16.8 Å². The van der Waals surface area contributed by atoms with Crippen molar-refractivity contribution in [3.05, 3.63) is 30.1 Å². The van der Waals surface area contributed by atoms with Gasteiger partial charge in [0.25, 0.3) is 10.2 Å². The average Bonchev–Trinajstić information content (AvgIpc) is 2.48. The third kappa shape index (κ3) is 3.49. The molecule has 0 radical (unpaired) electrons. The second-order valence-electron chi connectivity index (χ2n) is 5.04. The molecular weight excluding hydrogens is 298 g/mol. The lowest BCUT2D eigenvalue weighted by atomic mass is 10.1. The molecule has 1 unspecified atom stereocenters. The molecule has 0 saturated carbocycles. The number of piperidine rings is 1. The van der Waals surface area contributed by atoms with Gasteiger partial charge in [0, 0.05) is 44.5 Å². The van der Waals surface area contributed by atoms with Crippen molar-refractivity contribution in [1.29, 1.82) is 0 Å². The summed E-state index contributed by atoms with van der Waals surface area (Å²) in [6, 6.07) is 3.58. The fourth-order valence-corrected chi connectivity index (χ4v) is 4.43. The van der Waals surface area contributed by atoms with Gasteiger partial charge in [-0.05, 0) is 24.5 Å². The summed E-state index contributed by atoms with van der Waals surface area (Å²) in [4.78, 5) is 4.01. The number of hydrogen-bond acceptors (Lipinski definition) is 3. The summed E-state index contributed by atoms with van der Waals surface area (Å²) in [6.45, 7) is 0.874. The van der Waals surface area contributed by atoms with Crippen molar-refractivity contribution in [1.82, 2.24) is 13.6 Å². The largest absolute Gasteiger partial charge is 0.282 e. The maximum absolute atomic E-state index is 12.6. The maximum atomic E-state index is 12.6. The minimum absolute atomic E-state index is 0.0910. The zero-order valence-electron chi connectivity index (χ0n) is 11.6. The minimum atomic E-state index is -3.47. The molecule has 0 N–H and O–H groups in total. The zero-order chi connectivity index (χ0) is 14.6.